The maximum atomic E-state index is 15.0. The monoisotopic (exact) mass is 635 g/mol. The van der Waals surface area contributed by atoms with Crippen LogP contribution in [-0.4, -0.2) is 27.3 Å². The molecule has 1 atom stereocenters. The van der Waals surface area contributed by atoms with Crippen LogP contribution in [0, 0.1) is 35.3 Å². The fourth-order valence-electron chi connectivity index (χ4n) is 5.59. The van der Waals surface area contributed by atoms with E-state index in [0.717, 1.165) is 49.8 Å². The first-order valence-corrected chi connectivity index (χ1v) is 17.1. The summed E-state index contributed by atoms with van der Waals surface area (Å²) in [5.41, 5.74) is 4.17. The van der Waals surface area contributed by atoms with E-state index in [-0.39, 0.29) is 23.1 Å². The third-order valence-corrected chi connectivity index (χ3v) is 9.72. The number of carbonyl (C=O) groups is 1. The molecule has 4 aromatic rings. The smallest absolute Gasteiger partial charge is 0.357 e. The molecule has 2 aromatic carbocycles. The van der Waals surface area contributed by atoms with Crippen molar-refractivity contribution >= 4 is 28.3 Å². The van der Waals surface area contributed by atoms with E-state index in [9.17, 15) is 17.8 Å². The van der Waals surface area contributed by atoms with Gasteiger partial charge in [-0.2, -0.15) is 5.10 Å². The van der Waals surface area contributed by atoms with Gasteiger partial charge in [-0.25, -0.2) is 23.2 Å². The van der Waals surface area contributed by atoms with Gasteiger partial charge in [-0.1, -0.05) is 35.0 Å². The molecule has 2 aliphatic carbocycles. The molecule has 0 radical (unpaired) electrons. The number of thiazole rings is 1. The first-order valence-electron chi connectivity index (χ1n) is 14.9. The zero-order valence-electron chi connectivity index (χ0n) is 24.3. The number of aromatic nitrogens is 3. The molecule has 7 nitrogen and oxygen atoms in total. The van der Waals surface area contributed by atoms with Crippen molar-refractivity contribution in [2.24, 2.45) is 17.0 Å². The lowest BCUT2D eigenvalue weighted by molar-refractivity contribution is 0.0520. The summed E-state index contributed by atoms with van der Waals surface area (Å²) in [6.45, 7) is 1.97. The molecule has 2 aromatic heterocycles. The minimum absolute atomic E-state index is 0.0313. The van der Waals surface area contributed by atoms with Crippen LogP contribution in [0.15, 0.2) is 46.7 Å². The number of benzene rings is 2. The highest BCUT2D eigenvalue weighted by Crippen LogP contribution is 2.38. The number of ether oxygens (including phenoxy) is 1. The fourth-order valence-corrected chi connectivity index (χ4v) is 6.85. The average Bonchev–Trinajstić information content (AvgIpc) is 3.35. The Morgan fingerprint density at radius 3 is 2.64 bits per heavy atom. The zero-order valence-corrected chi connectivity index (χ0v) is 26.0. The third-order valence-electron chi connectivity index (χ3n) is 8.06. The van der Waals surface area contributed by atoms with E-state index >= 15 is 0 Å². The molecule has 44 heavy (non-hydrogen) atoms. The third kappa shape index (κ3) is 6.67. The van der Waals surface area contributed by atoms with Crippen molar-refractivity contribution in [1.29, 1.82) is 0 Å². The molecule has 2 fully saturated rings. The highest BCUT2D eigenvalue weighted by Gasteiger charge is 2.30. The van der Waals surface area contributed by atoms with Gasteiger partial charge in [-0.15, -0.1) is 16.5 Å². The Bertz CT molecular complexity index is 1800. The minimum Gasteiger partial charge on any atom is -0.461 e. The van der Waals surface area contributed by atoms with E-state index in [1.54, 1.807) is 35.2 Å². The first-order chi connectivity index (χ1) is 21.3. The SMILES string of the molecule is CCOC(=O)c1csc(-n2nc(-c3ccc(F)c(C#CC4CCCC4)c3)c(Cc3ccc([SH+](N)=O)c(F)c3)c2CC2CC2)n1. The van der Waals surface area contributed by atoms with E-state index in [0.29, 0.717) is 46.3 Å². The molecule has 0 amide bonds. The van der Waals surface area contributed by atoms with Crippen LogP contribution in [0.4, 0.5) is 8.78 Å². The van der Waals surface area contributed by atoms with E-state index < -0.39 is 28.6 Å². The molecule has 0 saturated heterocycles. The largest absolute Gasteiger partial charge is 0.461 e. The highest BCUT2D eigenvalue weighted by atomic mass is 32.2. The molecule has 1 unspecified atom stereocenters. The van der Waals surface area contributed by atoms with Crippen LogP contribution in [0.2, 0.25) is 0 Å². The summed E-state index contributed by atoms with van der Waals surface area (Å²) in [7, 11) is -2.32. The van der Waals surface area contributed by atoms with Crippen LogP contribution in [0.25, 0.3) is 16.4 Å². The number of esters is 1. The van der Waals surface area contributed by atoms with Crippen LogP contribution >= 0.6 is 11.3 Å². The van der Waals surface area contributed by atoms with Gasteiger partial charge in [0, 0.05) is 28.8 Å². The molecular formula is C33H33F2N4O3S2+. The summed E-state index contributed by atoms with van der Waals surface area (Å²) in [6, 6.07) is 9.33. The molecule has 2 heterocycles. The number of hydrogen-bond donors (Lipinski definition) is 1. The van der Waals surface area contributed by atoms with Crippen LogP contribution in [0.5, 0.6) is 0 Å². The number of halogens is 2. The van der Waals surface area contributed by atoms with Gasteiger partial charge in [-0.3, -0.25) is 0 Å². The number of thiol groups is 1. The molecule has 2 aliphatic rings. The van der Waals surface area contributed by atoms with E-state index in [1.165, 1.54) is 29.5 Å². The van der Waals surface area contributed by atoms with Crippen LogP contribution in [-0.2, 0) is 32.8 Å². The second-order valence-electron chi connectivity index (χ2n) is 11.3. The summed E-state index contributed by atoms with van der Waals surface area (Å²) in [5, 5.41) is 12.6. The van der Waals surface area contributed by atoms with Crippen molar-refractivity contribution in [1.82, 2.24) is 14.8 Å². The summed E-state index contributed by atoms with van der Waals surface area (Å²) < 4.78 is 48.5. The Kier molecular flexibility index (Phi) is 9.03. The lowest BCUT2D eigenvalue weighted by atomic mass is 9.96. The van der Waals surface area contributed by atoms with Crippen LogP contribution in [0.3, 0.4) is 0 Å². The molecule has 0 spiro atoms. The lowest BCUT2D eigenvalue weighted by Gasteiger charge is -2.09. The minimum atomic E-state index is -2.32. The number of carbonyl (C=O) groups excluding carboxylic acids is 1. The maximum absolute atomic E-state index is 15.0. The molecule has 11 heteroatoms. The van der Waals surface area contributed by atoms with Gasteiger partial charge >= 0.3 is 5.97 Å². The Morgan fingerprint density at radius 1 is 1.14 bits per heavy atom. The van der Waals surface area contributed by atoms with Gasteiger partial charge in [0.05, 0.1) is 23.6 Å². The maximum Gasteiger partial charge on any atom is 0.357 e. The Morgan fingerprint density at radius 2 is 1.93 bits per heavy atom. The predicted molar refractivity (Wildman–Crippen MR) is 167 cm³/mol. The quantitative estimate of drug-likeness (QED) is 0.0985. The van der Waals surface area contributed by atoms with Gasteiger partial charge in [0.15, 0.2) is 22.5 Å². The molecule has 228 valence electrons. The average molecular weight is 636 g/mol. The topological polar surface area (TPSA) is 100 Å². The summed E-state index contributed by atoms with van der Waals surface area (Å²) in [4.78, 5) is 16.9. The number of nitrogens with two attached hydrogens (primary N) is 1. The molecule has 2 N–H and O–H groups in total. The standard InChI is InChI=1S/C33H32F2N4O3S2/c1-2-42-32(40)28-19-43-33(37-28)39-29(17-21-7-8-21)25(15-22-10-14-30(44(36)41)27(35)16-22)31(38-39)24-12-13-26(34)23(18-24)11-9-20-5-3-4-6-20/h10,12-14,16,18-21H,2-8,15,17H2,1H3,(H2,36,41)/p+1. The van der Waals surface area contributed by atoms with E-state index in [4.69, 9.17) is 15.0 Å². The first kappa shape index (κ1) is 30.3. The van der Waals surface area contributed by atoms with Gasteiger partial charge in [0.1, 0.15) is 5.82 Å². The van der Waals surface area contributed by atoms with Gasteiger partial charge in [-0.05, 0) is 80.8 Å². The van der Waals surface area contributed by atoms with Gasteiger partial charge < -0.3 is 4.74 Å². The Hall–Kier alpha value is -3.72. The molecule has 6 rings (SSSR count). The number of hydrogen-bond acceptors (Lipinski definition) is 6. The van der Waals surface area contributed by atoms with E-state index in [2.05, 4.69) is 16.8 Å². The molecule has 0 bridgehead atoms. The van der Waals surface area contributed by atoms with Crippen LogP contribution in [0.1, 0.15) is 78.3 Å². The summed E-state index contributed by atoms with van der Waals surface area (Å²) >= 11 is 1.28. The van der Waals surface area contributed by atoms with Crippen molar-refractivity contribution in [3.05, 3.63) is 81.5 Å². The van der Waals surface area contributed by atoms with Crippen molar-refractivity contribution in [3.8, 4) is 28.2 Å². The van der Waals surface area contributed by atoms with Crippen molar-refractivity contribution in [2.45, 2.75) is 63.2 Å². The number of nitrogens with zero attached hydrogens (tertiary/aromatic N) is 3. The van der Waals surface area contributed by atoms with Crippen molar-refractivity contribution in [2.75, 3.05) is 6.61 Å². The highest BCUT2D eigenvalue weighted by molar-refractivity contribution is 7.82. The lowest BCUT2D eigenvalue weighted by Crippen LogP contribution is -2.08. The van der Waals surface area contributed by atoms with E-state index in [1.807, 2.05) is 0 Å². The van der Waals surface area contributed by atoms with Crippen LogP contribution < -0.4 is 5.14 Å². The second-order valence-corrected chi connectivity index (χ2v) is 13.3. The Labute approximate surface area is 261 Å². The predicted octanol–water partition coefficient (Wildman–Crippen LogP) is 6.46. The van der Waals surface area contributed by atoms with Gasteiger partial charge in [0.2, 0.25) is 10.0 Å². The molecule has 0 aliphatic heterocycles. The second kappa shape index (κ2) is 13.1. The number of rotatable bonds is 9. The zero-order chi connectivity index (χ0) is 30.8. The van der Waals surface area contributed by atoms with Crippen molar-refractivity contribution in [3.63, 3.8) is 0 Å². The summed E-state index contributed by atoms with van der Waals surface area (Å²) in [5.74, 6) is 5.52. The molecule has 2 saturated carbocycles. The Balaban J connectivity index is 1.48. The van der Waals surface area contributed by atoms with Gasteiger partial charge in [0.25, 0.3) is 0 Å². The fraction of sp³-hybridized carbons (Fsp3) is 0.364. The molecular weight excluding hydrogens is 603 g/mol. The van der Waals surface area contributed by atoms with Crippen molar-refractivity contribution < 1.29 is 22.5 Å². The summed E-state index contributed by atoms with van der Waals surface area (Å²) in [6.07, 6.45) is 7.53. The normalized spacial score (nSPS) is 15.6.